The van der Waals surface area contributed by atoms with E-state index in [4.69, 9.17) is 9.47 Å². The Morgan fingerprint density at radius 2 is 2.08 bits per heavy atom. The fraction of sp³-hybridized carbons (Fsp3) is 0.370. The molecule has 3 aromatic rings. The first-order chi connectivity index (χ1) is 17.4. The molecule has 2 unspecified atom stereocenters. The van der Waals surface area contributed by atoms with E-state index < -0.39 is 11.7 Å². The smallest absolute Gasteiger partial charge is 0.274 e. The van der Waals surface area contributed by atoms with E-state index in [2.05, 4.69) is 16.4 Å². The molecule has 9 heteroatoms. The lowest BCUT2D eigenvalue weighted by atomic mass is 10.1. The fourth-order valence-electron chi connectivity index (χ4n) is 5.39. The van der Waals surface area contributed by atoms with Gasteiger partial charge in [0.1, 0.15) is 17.3 Å². The summed E-state index contributed by atoms with van der Waals surface area (Å²) < 4.78 is 24.8. The SMILES string of the molecule is Cc1cccc(-c2sc(C)nc2C(=O)N2C3CC3C[C@H]2CNC(=O)c2cc(F)cc3c2OCOC3)c1. The second kappa shape index (κ2) is 8.97. The summed E-state index contributed by atoms with van der Waals surface area (Å²) in [5, 5.41) is 3.76. The standard InChI is InChI=1S/C27H26FN3O4S/c1-14-4-3-5-16(6-14)25-23(30-15(2)36-25)27(33)31-20(8-17-9-22(17)31)11-29-26(32)21-10-19(28)7-18-12-34-13-35-24(18)21/h3-7,10,17,20,22H,8-9,11-13H2,1-2H3,(H,29,32)/t17?,20-,22?/m0/s1. The molecule has 7 nitrogen and oxygen atoms in total. The number of piperidine rings is 1. The Bertz CT molecular complexity index is 1370. The van der Waals surface area contributed by atoms with Crippen molar-refractivity contribution in [3.8, 4) is 16.2 Å². The van der Waals surface area contributed by atoms with E-state index in [0.717, 1.165) is 33.9 Å². The number of ether oxygens (including phenoxy) is 2. The lowest BCUT2D eigenvalue weighted by Crippen LogP contribution is -2.45. The molecule has 6 rings (SSSR count). The third-order valence-electron chi connectivity index (χ3n) is 7.08. The number of carbonyl (C=O) groups excluding carboxylic acids is 2. The number of fused-ring (bicyclic) bond motifs is 2. The molecular weight excluding hydrogens is 481 g/mol. The second-order valence-corrected chi connectivity index (χ2v) is 10.9. The van der Waals surface area contributed by atoms with Gasteiger partial charge in [-0.05, 0) is 50.3 Å². The lowest BCUT2D eigenvalue weighted by Gasteiger charge is -2.28. The van der Waals surface area contributed by atoms with Gasteiger partial charge in [0.15, 0.2) is 6.79 Å². The molecule has 3 heterocycles. The maximum absolute atomic E-state index is 14.1. The molecule has 1 aromatic heterocycles. The van der Waals surface area contributed by atoms with Gasteiger partial charge in [-0.15, -0.1) is 11.3 Å². The number of benzene rings is 2. The highest BCUT2D eigenvalue weighted by molar-refractivity contribution is 7.15. The van der Waals surface area contributed by atoms with Crippen LogP contribution in [0.2, 0.25) is 0 Å². The third-order valence-corrected chi connectivity index (χ3v) is 8.10. The van der Waals surface area contributed by atoms with Crippen LogP contribution in [0.15, 0.2) is 36.4 Å². The van der Waals surface area contributed by atoms with E-state index in [-0.39, 0.29) is 43.5 Å². The zero-order valence-corrected chi connectivity index (χ0v) is 20.9. The minimum atomic E-state index is -0.519. The molecular formula is C27H26FN3O4S. The summed E-state index contributed by atoms with van der Waals surface area (Å²) in [6.45, 7) is 4.43. The average Bonchev–Trinajstić information content (AvgIpc) is 3.35. The van der Waals surface area contributed by atoms with Gasteiger partial charge in [-0.3, -0.25) is 9.59 Å². The van der Waals surface area contributed by atoms with Crippen LogP contribution < -0.4 is 10.1 Å². The molecule has 1 aliphatic carbocycles. The highest BCUT2D eigenvalue weighted by Gasteiger charge is 2.54. The van der Waals surface area contributed by atoms with Crippen molar-refractivity contribution in [2.24, 2.45) is 5.92 Å². The number of nitrogens with zero attached hydrogens (tertiary/aromatic N) is 2. The van der Waals surface area contributed by atoms with Crippen LogP contribution in [0.1, 0.15) is 49.8 Å². The predicted octanol–water partition coefficient (Wildman–Crippen LogP) is 4.47. The number of thiazole rings is 1. The molecule has 1 N–H and O–H groups in total. The maximum Gasteiger partial charge on any atom is 0.274 e. The van der Waals surface area contributed by atoms with E-state index >= 15 is 0 Å². The minimum Gasteiger partial charge on any atom is -0.466 e. The Hall–Kier alpha value is -3.30. The zero-order chi connectivity index (χ0) is 25.0. The molecule has 1 saturated carbocycles. The van der Waals surface area contributed by atoms with Crippen molar-refractivity contribution in [3.63, 3.8) is 0 Å². The Kier molecular flexibility index (Phi) is 5.76. The summed E-state index contributed by atoms with van der Waals surface area (Å²) in [6.07, 6.45) is 1.80. The molecule has 3 atom stereocenters. The number of halogens is 1. The van der Waals surface area contributed by atoms with Crippen LogP contribution in [0.4, 0.5) is 4.39 Å². The molecule has 2 fully saturated rings. The van der Waals surface area contributed by atoms with Crippen LogP contribution in [0.5, 0.6) is 5.75 Å². The normalized spacial score (nSPS) is 22.0. The van der Waals surface area contributed by atoms with E-state index in [1.54, 1.807) is 0 Å². The molecule has 0 bridgehead atoms. The zero-order valence-electron chi connectivity index (χ0n) is 20.0. The van der Waals surface area contributed by atoms with E-state index in [1.165, 1.54) is 23.5 Å². The van der Waals surface area contributed by atoms with Crippen molar-refractivity contribution in [2.45, 2.75) is 45.4 Å². The van der Waals surface area contributed by atoms with E-state index in [0.29, 0.717) is 22.9 Å². The van der Waals surface area contributed by atoms with Gasteiger partial charge in [0.25, 0.3) is 11.8 Å². The molecule has 0 spiro atoms. The Labute approximate surface area is 212 Å². The van der Waals surface area contributed by atoms with Gasteiger partial charge in [0.05, 0.1) is 28.1 Å². The summed E-state index contributed by atoms with van der Waals surface area (Å²) >= 11 is 1.52. The van der Waals surface area contributed by atoms with Gasteiger partial charge < -0.3 is 19.7 Å². The van der Waals surface area contributed by atoms with Crippen molar-refractivity contribution in [2.75, 3.05) is 13.3 Å². The molecule has 2 aromatic carbocycles. The summed E-state index contributed by atoms with van der Waals surface area (Å²) in [7, 11) is 0. The summed E-state index contributed by atoms with van der Waals surface area (Å²) in [5.74, 6) is -0.243. The van der Waals surface area contributed by atoms with Crippen LogP contribution in [0.25, 0.3) is 10.4 Å². The van der Waals surface area contributed by atoms with Crippen LogP contribution in [0, 0.1) is 25.6 Å². The topological polar surface area (TPSA) is 80.8 Å². The number of amides is 2. The van der Waals surface area contributed by atoms with Crippen LogP contribution in [-0.4, -0.2) is 47.1 Å². The Balaban J connectivity index is 1.22. The number of nitrogens with one attached hydrogen (secondary N) is 1. The molecule has 186 valence electrons. The first-order valence-corrected chi connectivity index (χ1v) is 12.9. The molecule has 0 radical (unpaired) electrons. The summed E-state index contributed by atoms with van der Waals surface area (Å²) in [4.78, 5) is 34.2. The second-order valence-electron chi connectivity index (χ2n) is 9.71. The summed E-state index contributed by atoms with van der Waals surface area (Å²) in [6, 6.07) is 10.6. The molecule has 3 aliphatic rings. The largest absolute Gasteiger partial charge is 0.466 e. The molecule has 2 amide bonds. The number of hydrogen-bond donors (Lipinski definition) is 1. The van der Waals surface area contributed by atoms with Crippen LogP contribution >= 0.6 is 11.3 Å². The van der Waals surface area contributed by atoms with Crippen molar-refractivity contribution in [1.82, 2.24) is 15.2 Å². The van der Waals surface area contributed by atoms with Gasteiger partial charge in [-0.25, -0.2) is 9.37 Å². The fourth-order valence-corrected chi connectivity index (χ4v) is 6.29. The van der Waals surface area contributed by atoms with Crippen LogP contribution in [-0.2, 0) is 11.3 Å². The van der Waals surface area contributed by atoms with Crippen LogP contribution in [0.3, 0.4) is 0 Å². The van der Waals surface area contributed by atoms with Gasteiger partial charge in [0.2, 0.25) is 0 Å². The number of rotatable bonds is 5. The first kappa shape index (κ1) is 23.1. The van der Waals surface area contributed by atoms with Crippen molar-refractivity contribution in [3.05, 3.63) is 69.6 Å². The first-order valence-electron chi connectivity index (χ1n) is 12.1. The highest BCUT2D eigenvalue weighted by Crippen LogP contribution is 2.49. The van der Waals surface area contributed by atoms with Crippen molar-refractivity contribution in [1.29, 1.82) is 0 Å². The predicted molar refractivity (Wildman–Crippen MR) is 133 cm³/mol. The molecule has 36 heavy (non-hydrogen) atoms. The van der Waals surface area contributed by atoms with E-state index in [9.17, 15) is 14.0 Å². The van der Waals surface area contributed by atoms with Gasteiger partial charge in [-0.1, -0.05) is 29.8 Å². The van der Waals surface area contributed by atoms with Gasteiger partial charge >= 0.3 is 0 Å². The minimum absolute atomic E-state index is 0.0174. The Morgan fingerprint density at radius 3 is 2.92 bits per heavy atom. The number of likely N-dealkylation sites (tertiary alicyclic amines) is 1. The number of carbonyl (C=O) groups is 2. The quantitative estimate of drug-likeness (QED) is 0.551. The number of aryl methyl sites for hydroxylation is 2. The molecule has 2 aliphatic heterocycles. The number of hydrogen-bond acceptors (Lipinski definition) is 6. The third kappa shape index (κ3) is 4.16. The van der Waals surface area contributed by atoms with Crippen molar-refractivity contribution < 1.29 is 23.5 Å². The monoisotopic (exact) mass is 507 g/mol. The number of aromatic nitrogens is 1. The van der Waals surface area contributed by atoms with Gasteiger partial charge in [0, 0.05) is 18.2 Å². The lowest BCUT2D eigenvalue weighted by molar-refractivity contribution is -0.0170. The van der Waals surface area contributed by atoms with Gasteiger partial charge in [-0.2, -0.15) is 0 Å². The van der Waals surface area contributed by atoms with E-state index in [1.807, 2.05) is 36.9 Å². The maximum atomic E-state index is 14.1. The molecule has 1 saturated heterocycles. The highest BCUT2D eigenvalue weighted by atomic mass is 32.1. The summed E-state index contributed by atoms with van der Waals surface area (Å²) in [5.41, 5.74) is 3.23. The average molecular weight is 508 g/mol. The Morgan fingerprint density at radius 1 is 1.22 bits per heavy atom. The van der Waals surface area contributed by atoms with Crippen molar-refractivity contribution >= 4 is 23.2 Å².